The number of benzene rings is 1. The third kappa shape index (κ3) is 2.94. The summed E-state index contributed by atoms with van der Waals surface area (Å²) in [5.74, 6) is -0.575. The van der Waals surface area contributed by atoms with Crippen LogP contribution in [0.25, 0.3) is 0 Å². The Morgan fingerprint density at radius 1 is 1.60 bits per heavy atom. The molecule has 0 aromatic heterocycles. The molecule has 0 aliphatic heterocycles. The standard InChI is InChI=1S/C11H14FNO2/c1-3-10(11(13)14)15-8-5-4-7(2)9(12)6-8/h4-6,10H,3H2,1-2H3,(H2,13,14)/t10-/m1/s1. The monoisotopic (exact) mass is 211 g/mol. The number of carbonyl (C=O) groups excluding carboxylic acids is 1. The molecule has 0 aliphatic rings. The molecule has 2 N–H and O–H groups in total. The highest BCUT2D eigenvalue weighted by Gasteiger charge is 2.14. The van der Waals surface area contributed by atoms with Crippen LogP contribution in [-0.4, -0.2) is 12.0 Å². The van der Waals surface area contributed by atoms with E-state index in [0.29, 0.717) is 17.7 Å². The van der Waals surface area contributed by atoms with E-state index in [4.69, 9.17) is 10.5 Å². The normalized spacial score (nSPS) is 12.2. The van der Waals surface area contributed by atoms with Gasteiger partial charge in [-0.2, -0.15) is 0 Å². The first kappa shape index (κ1) is 11.5. The first-order chi connectivity index (χ1) is 7.04. The van der Waals surface area contributed by atoms with Crippen LogP contribution < -0.4 is 10.5 Å². The molecule has 1 rings (SSSR count). The average molecular weight is 211 g/mol. The predicted octanol–water partition coefficient (Wildman–Crippen LogP) is 1.78. The Morgan fingerprint density at radius 3 is 2.73 bits per heavy atom. The molecule has 1 atom stereocenters. The van der Waals surface area contributed by atoms with Gasteiger partial charge in [0.2, 0.25) is 0 Å². The van der Waals surface area contributed by atoms with E-state index in [-0.39, 0.29) is 5.82 Å². The molecule has 82 valence electrons. The molecule has 0 fully saturated rings. The number of aryl methyl sites for hydroxylation is 1. The van der Waals surface area contributed by atoms with E-state index >= 15 is 0 Å². The summed E-state index contributed by atoms with van der Waals surface area (Å²) >= 11 is 0. The Hall–Kier alpha value is -1.58. The quantitative estimate of drug-likeness (QED) is 0.825. The lowest BCUT2D eigenvalue weighted by Gasteiger charge is -2.14. The first-order valence-corrected chi connectivity index (χ1v) is 4.76. The summed E-state index contributed by atoms with van der Waals surface area (Å²) in [6.45, 7) is 3.43. The lowest BCUT2D eigenvalue weighted by atomic mass is 10.2. The van der Waals surface area contributed by atoms with Crippen LogP contribution in [-0.2, 0) is 4.79 Å². The zero-order chi connectivity index (χ0) is 11.4. The maximum Gasteiger partial charge on any atom is 0.258 e. The van der Waals surface area contributed by atoms with Crippen molar-refractivity contribution in [3.63, 3.8) is 0 Å². The van der Waals surface area contributed by atoms with Gasteiger partial charge in [0.1, 0.15) is 11.6 Å². The molecule has 1 aromatic carbocycles. The minimum Gasteiger partial charge on any atom is -0.481 e. The first-order valence-electron chi connectivity index (χ1n) is 4.76. The molecule has 15 heavy (non-hydrogen) atoms. The van der Waals surface area contributed by atoms with Crippen LogP contribution in [0.2, 0.25) is 0 Å². The third-order valence-electron chi connectivity index (χ3n) is 2.11. The van der Waals surface area contributed by atoms with E-state index < -0.39 is 12.0 Å². The number of rotatable bonds is 4. The van der Waals surface area contributed by atoms with E-state index in [1.807, 2.05) is 0 Å². The Labute approximate surface area is 88.0 Å². The zero-order valence-corrected chi connectivity index (χ0v) is 8.79. The minimum atomic E-state index is -0.702. The van der Waals surface area contributed by atoms with E-state index in [2.05, 4.69) is 0 Å². The molecule has 1 amide bonds. The fourth-order valence-corrected chi connectivity index (χ4v) is 1.15. The van der Waals surface area contributed by atoms with Crippen molar-refractivity contribution in [1.29, 1.82) is 0 Å². The number of hydrogen-bond donors (Lipinski definition) is 1. The molecule has 0 saturated carbocycles. The van der Waals surface area contributed by atoms with E-state index in [9.17, 15) is 9.18 Å². The fourth-order valence-electron chi connectivity index (χ4n) is 1.15. The van der Waals surface area contributed by atoms with Crippen molar-refractivity contribution in [2.24, 2.45) is 5.73 Å². The van der Waals surface area contributed by atoms with Gasteiger partial charge in [-0.15, -0.1) is 0 Å². The van der Waals surface area contributed by atoms with Crippen LogP contribution >= 0.6 is 0 Å². The molecule has 0 unspecified atom stereocenters. The highest BCUT2D eigenvalue weighted by atomic mass is 19.1. The topological polar surface area (TPSA) is 52.3 Å². The van der Waals surface area contributed by atoms with Crippen LogP contribution in [0.5, 0.6) is 5.75 Å². The van der Waals surface area contributed by atoms with Gasteiger partial charge in [-0.3, -0.25) is 4.79 Å². The average Bonchev–Trinajstić information content (AvgIpc) is 2.19. The number of hydrogen-bond acceptors (Lipinski definition) is 2. The molecule has 4 heteroatoms. The summed E-state index contributed by atoms with van der Waals surface area (Å²) in [7, 11) is 0. The van der Waals surface area contributed by atoms with Gasteiger partial charge in [0.25, 0.3) is 5.91 Å². The van der Waals surface area contributed by atoms with E-state index in [1.165, 1.54) is 6.07 Å². The van der Waals surface area contributed by atoms with Gasteiger partial charge in [0.15, 0.2) is 6.10 Å². The number of carbonyl (C=O) groups is 1. The van der Waals surface area contributed by atoms with Gasteiger partial charge < -0.3 is 10.5 Å². The van der Waals surface area contributed by atoms with Crippen molar-refractivity contribution < 1.29 is 13.9 Å². The summed E-state index contributed by atoms with van der Waals surface area (Å²) in [5, 5.41) is 0. The summed E-state index contributed by atoms with van der Waals surface area (Å²) < 4.78 is 18.4. The highest BCUT2D eigenvalue weighted by Crippen LogP contribution is 2.17. The van der Waals surface area contributed by atoms with E-state index in [0.717, 1.165) is 0 Å². The third-order valence-corrected chi connectivity index (χ3v) is 2.11. The second-order valence-electron chi connectivity index (χ2n) is 3.33. The lowest BCUT2D eigenvalue weighted by molar-refractivity contribution is -0.124. The summed E-state index contributed by atoms with van der Waals surface area (Å²) in [5.41, 5.74) is 5.64. The van der Waals surface area contributed by atoms with Crippen molar-refractivity contribution in [2.45, 2.75) is 26.4 Å². The lowest BCUT2D eigenvalue weighted by Crippen LogP contribution is -2.32. The Morgan fingerprint density at radius 2 is 2.27 bits per heavy atom. The molecule has 0 heterocycles. The van der Waals surface area contributed by atoms with Crippen LogP contribution in [0.15, 0.2) is 18.2 Å². The Kier molecular flexibility index (Phi) is 3.66. The van der Waals surface area contributed by atoms with Crippen molar-refractivity contribution in [2.75, 3.05) is 0 Å². The fraction of sp³-hybridized carbons (Fsp3) is 0.364. The minimum absolute atomic E-state index is 0.323. The molecule has 1 aromatic rings. The van der Waals surface area contributed by atoms with Crippen LogP contribution in [0.1, 0.15) is 18.9 Å². The molecular formula is C11H14FNO2. The number of primary amides is 1. The number of ether oxygens (including phenoxy) is 1. The molecule has 0 saturated heterocycles. The maximum atomic E-state index is 13.1. The van der Waals surface area contributed by atoms with Gasteiger partial charge in [0.05, 0.1) is 0 Å². The van der Waals surface area contributed by atoms with E-state index in [1.54, 1.807) is 26.0 Å². The number of nitrogens with two attached hydrogens (primary N) is 1. The zero-order valence-electron chi connectivity index (χ0n) is 8.79. The highest BCUT2D eigenvalue weighted by molar-refractivity contribution is 5.79. The second-order valence-corrected chi connectivity index (χ2v) is 3.33. The molecule has 0 radical (unpaired) electrons. The Bertz CT molecular complexity index is 366. The van der Waals surface area contributed by atoms with Gasteiger partial charge in [-0.25, -0.2) is 4.39 Å². The Balaban J connectivity index is 2.80. The molecule has 3 nitrogen and oxygen atoms in total. The number of amides is 1. The largest absolute Gasteiger partial charge is 0.481 e. The second kappa shape index (κ2) is 4.77. The number of halogens is 1. The maximum absolute atomic E-state index is 13.1. The smallest absolute Gasteiger partial charge is 0.258 e. The van der Waals surface area contributed by atoms with Crippen LogP contribution in [0, 0.1) is 12.7 Å². The SMILES string of the molecule is CC[C@@H](Oc1ccc(C)c(F)c1)C(N)=O. The molecule has 0 bridgehead atoms. The molecule has 0 aliphatic carbocycles. The molecular weight excluding hydrogens is 197 g/mol. The van der Waals surface area contributed by atoms with Gasteiger partial charge in [-0.05, 0) is 25.0 Å². The molecule has 0 spiro atoms. The van der Waals surface area contributed by atoms with Crippen molar-refractivity contribution in [3.8, 4) is 5.75 Å². The summed E-state index contributed by atoms with van der Waals surface area (Å²) in [4.78, 5) is 10.9. The summed E-state index contributed by atoms with van der Waals surface area (Å²) in [6.07, 6.45) is -0.239. The van der Waals surface area contributed by atoms with Crippen LogP contribution in [0.4, 0.5) is 4.39 Å². The van der Waals surface area contributed by atoms with Crippen LogP contribution in [0.3, 0.4) is 0 Å². The van der Waals surface area contributed by atoms with Gasteiger partial charge >= 0.3 is 0 Å². The van der Waals surface area contributed by atoms with Crippen molar-refractivity contribution in [1.82, 2.24) is 0 Å². The van der Waals surface area contributed by atoms with Gasteiger partial charge in [-0.1, -0.05) is 13.0 Å². The van der Waals surface area contributed by atoms with Gasteiger partial charge in [0, 0.05) is 6.07 Å². The van der Waals surface area contributed by atoms with Crippen molar-refractivity contribution in [3.05, 3.63) is 29.6 Å². The van der Waals surface area contributed by atoms with Crippen molar-refractivity contribution >= 4 is 5.91 Å². The predicted molar refractivity (Wildman–Crippen MR) is 55.0 cm³/mol. The summed E-state index contributed by atoms with van der Waals surface area (Å²) in [6, 6.07) is 4.46.